The SMILES string of the molecule is O=C(NCCO)C1=C[C@H]2OCO[C@H]2[C@H](OC(=O)c2cccc(C=CCO[C@H]3O[C@H](CO)[C@H](O)[C@H](O)[C@H]3O)c2)C1. The van der Waals surface area contributed by atoms with E-state index in [1.165, 1.54) is 0 Å². The number of amides is 1. The predicted octanol–water partition coefficient (Wildman–Crippen LogP) is -1.78. The molecule has 13 nitrogen and oxygen atoms in total. The van der Waals surface area contributed by atoms with Crippen LogP contribution in [0.1, 0.15) is 22.3 Å². The van der Waals surface area contributed by atoms with E-state index in [0.29, 0.717) is 11.1 Å². The van der Waals surface area contributed by atoms with Gasteiger partial charge in [0.1, 0.15) is 49.5 Å². The van der Waals surface area contributed by atoms with Crippen molar-refractivity contribution in [3.63, 3.8) is 0 Å². The molecule has 8 atom stereocenters. The van der Waals surface area contributed by atoms with Crippen molar-refractivity contribution in [2.24, 2.45) is 0 Å². The zero-order chi connectivity index (χ0) is 27.9. The highest BCUT2D eigenvalue weighted by molar-refractivity contribution is 5.94. The molecule has 0 spiro atoms. The minimum atomic E-state index is -1.53. The number of ether oxygens (including phenoxy) is 5. The van der Waals surface area contributed by atoms with Crippen molar-refractivity contribution in [1.29, 1.82) is 0 Å². The molecule has 1 amide bonds. The van der Waals surface area contributed by atoms with Crippen LogP contribution in [0.15, 0.2) is 42.0 Å². The molecule has 4 rings (SSSR count). The Labute approximate surface area is 224 Å². The lowest BCUT2D eigenvalue weighted by molar-refractivity contribution is -0.298. The topological polar surface area (TPSA) is 193 Å². The minimum Gasteiger partial charge on any atom is -0.456 e. The van der Waals surface area contributed by atoms with Crippen LogP contribution in [0.25, 0.3) is 6.08 Å². The first-order valence-corrected chi connectivity index (χ1v) is 12.5. The number of fused-ring (bicyclic) bond motifs is 1. The summed E-state index contributed by atoms with van der Waals surface area (Å²) in [5, 5.41) is 50.5. The van der Waals surface area contributed by atoms with Gasteiger partial charge in [-0.3, -0.25) is 4.79 Å². The van der Waals surface area contributed by atoms with E-state index in [1.54, 1.807) is 42.5 Å². The van der Waals surface area contributed by atoms with Crippen molar-refractivity contribution in [3.05, 3.63) is 53.1 Å². The van der Waals surface area contributed by atoms with E-state index in [1.807, 2.05) is 0 Å². The molecule has 39 heavy (non-hydrogen) atoms. The van der Waals surface area contributed by atoms with E-state index in [9.17, 15) is 30.0 Å². The second-order valence-electron chi connectivity index (χ2n) is 9.26. The number of hydrogen-bond acceptors (Lipinski definition) is 12. The van der Waals surface area contributed by atoms with Crippen LogP contribution in [-0.2, 0) is 28.5 Å². The fourth-order valence-electron chi connectivity index (χ4n) is 4.52. The Hall–Kier alpha value is -2.72. The van der Waals surface area contributed by atoms with Crippen LogP contribution in [0.3, 0.4) is 0 Å². The van der Waals surface area contributed by atoms with Gasteiger partial charge in [0.05, 0.1) is 25.4 Å². The van der Waals surface area contributed by atoms with Gasteiger partial charge in [-0.1, -0.05) is 24.3 Å². The number of rotatable bonds is 10. The molecular formula is C26H33NO12. The fourth-order valence-corrected chi connectivity index (χ4v) is 4.52. The van der Waals surface area contributed by atoms with Crippen LogP contribution in [0.4, 0.5) is 0 Å². The summed E-state index contributed by atoms with van der Waals surface area (Å²) < 4.78 is 27.5. The Kier molecular flexibility index (Phi) is 10.2. The lowest BCUT2D eigenvalue weighted by Crippen LogP contribution is -2.59. The second-order valence-corrected chi connectivity index (χ2v) is 9.26. The van der Waals surface area contributed by atoms with Gasteiger partial charge in [0, 0.05) is 18.5 Å². The molecule has 0 bridgehead atoms. The lowest BCUT2D eigenvalue weighted by atomic mass is 9.91. The van der Waals surface area contributed by atoms with Gasteiger partial charge in [-0.25, -0.2) is 4.79 Å². The highest BCUT2D eigenvalue weighted by Gasteiger charge is 2.44. The van der Waals surface area contributed by atoms with Crippen LogP contribution in [0, 0.1) is 0 Å². The summed E-state index contributed by atoms with van der Waals surface area (Å²) in [6, 6.07) is 6.60. The van der Waals surface area contributed by atoms with Gasteiger partial charge in [0.15, 0.2) is 6.29 Å². The number of aliphatic hydroxyl groups is 5. The quantitative estimate of drug-likeness (QED) is 0.179. The molecule has 1 aromatic carbocycles. The van der Waals surface area contributed by atoms with E-state index >= 15 is 0 Å². The Morgan fingerprint density at radius 1 is 1.10 bits per heavy atom. The van der Waals surface area contributed by atoms with Crippen LogP contribution in [0.2, 0.25) is 0 Å². The summed E-state index contributed by atoms with van der Waals surface area (Å²) in [5.41, 5.74) is 1.29. The molecule has 2 heterocycles. The van der Waals surface area contributed by atoms with Crippen molar-refractivity contribution in [1.82, 2.24) is 5.32 Å². The number of aliphatic hydroxyl groups excluding tert-OH is 5. The van der Waals surface area contributed by atoms with Crippen LogP contribution in [0.5, 0.6) is 0 Å². The first-order chi connectivity index (χ1) is 18.8. The molecule has 1 aliphatic carbocycles. The first kappa shape index (κ1) is 29.3. The van der Waals surface area contributed by atoms with Gasteiger partial charge in [-0.15, -0.1) is 0 Å². The standard InChI is InChI=1S/C26H33NO12/c28-7-6-27-24(33)16-10-17-23(37-13-36-17)18(11-16)38-25(34)15-5-1-3-14(9-15)4-2-8-35-26-22(32)21(31)20(30)19(12-29)39-26/h1-5,9-10,17-23,26,28-32H,6-8,11-13H2,(H,27,33)/t17-,18-,19-,20+,21+,22-,23-,26+/m1/s1. The molecule has 214 valence electrons. The number of carbonyl (C=O) groups is 2. The second kappa shape index (κ2) is 13.6. The maximum atomic E-state index is 13.0. The van der Waals surface area contributed by atoms with Crippen molar-refractivity contribution in [2.45, 2.75) is 55.4 Å². The van der Waals surface area contributed by atoms with Gasteiger partial charge in [0.25, 0.3) is 0 Å². The summed E-state index contributed by atoms with van der Waals surface area (Å²) in [6.07, 6.45) is -3.63. The van der Waals surface area contributed by atoms with E-state index in [2.05, 4.69) is 5.32 Å². The highest BCUT2D eigenvalue weighted by atomic mass is 16.7. The van der Waals surface area contributed by atoms with Crippen molar-refractivity contribution in [2.75, 3.05) is 33.2 Å². The van der Waals surface area contributed by atoms with Crippen LogP contribution >= 0.6 is 0 Å². The molecule has 0 unspecified atom stereocenters. The van der Waals surface area contributed by atoms with Crippen LogP contribution in [-0.4, -0.2) is 120 Å². The number of esters is 1. The van der Waals surface area contributed by atoms with Crippen LogP contribution < -0.4 is 5.32 Å². The Morgan fingerprint density at radius 2 is 1.92 bits per heavy atom. The fraction of sp³-hybridized carbons (Fsp3) is 0.538. The highest BCUT2D eigenvalue weighted by Crippen LogP contribution is 2.31. The summed E-state index contributed by atoms with van der Waals surface area (Å²) in [4.78, 5) is 25.4. The molecule has 1 aromatic rings. The van der Waals surface area contributed by atoms with Gasteiger partial charge in [0.2, 0.25) is 5.91 Å². The zero-order valence-electron chi connectivity index (χ0n) is 21.0. The third kappa shape index (κ3) is 7.08. The molecule has 13 heteroatoms. The number of nitrogens with one attached hydrogen (secondary N) is 1. The van der Waals surface area contributed by atoms with Gasteiger partial charge >= 0.3 is 5.97 Å². The van der Waals surface area contributed by atoms with E-state index in [-0.39, 0.29) is 44.4 Å². The third-order valence-electron chi connectivity index (χ3n) is 6.58. The first-order valence-electron chi connectivity index (χ1n) is 12.5. The lowest BCUT2D eigenvalue weighted by Gasteiger charge is -2.39. The number of benzene rings is 1. The maximum absolute atomic E-state index is 13.0. The average Bonchev–Trinajstić information content (AvgIpc) is 3.43. The van der Waals surface area contributed by atoms with Crippen molar-refractivity contribution < 1.29 is 58.8 Å². The average molecular weight is 552 g/mol. The third-order valence-corrected chi connectivity index (χ3v) is 6.58. The van der Waals surface area contributed by atoms with Gasteiger partial charge in [-0.05, 0) is 23.8 Å². The molecule has 0 aromatic heterocycles. The zero-order valence-corrected chi connectivity index (χ0v) is 21.0. The van der Waals surface area contributed by atoms with Crippen molar-refractivity contribution >= 4 is 18.0 Å². The Balaban J connectivity index is 1.34. The predicted molar refractivity (Wildman–Crippen MR) is 132 cm³/mol. The van der Waals surface area contributed by atoms with E-state index in [4.69, 9.17) is 28.8 Å². The number of hydrogen-bond donors (Lipinski definition) is 6. The summed E-state index contributed by atoms with van der Waals surface area (Å²) >= 11 is 0. The normalized spacial score (nSPS) is 32.5. The summed E-state index contributed by atoms with van der Waals surface area (Å²) in [5.74, 6) is -0.990. The van der Waals surface area contributed by atoms with Gasteiger partial charge < -0.3 is 54.5 Å². The molecule has 2 aliphatic heterocycles. The smallest absolute Gasteiger partial charge is 0.338 e. The monoisotopic (exact) mass is 551 g/mol. The van der Waals surface area contributed by atoms with E-state index < -0.39 is 61.6 Å². The minimum absolute atomic E-state index is 0.0108. The molecule has 2 saturated heterocycles. The molecule has 2 fully saturated rings. The molecule has 3 aliphatic rings. The van der Waals surface area contributed by atoms with Gasteiger partial charge in [-0.2, -0.15) is 0 Å². The molecular weight excluding hydrogens is 518 g/mol. The Bertz CT molecular complexity index is 1060. The number of carbonyl (C=O) groups excluding carboxylic acids is 2. The molecule has 0 radical (unpaired) electrons. The largest absolute Gasteiger partial charge is 0.456 e. The maximum Gasteiger partial charge on any atom is 0.338 e. The molecule has 0 saturated carbocycles. The molecule has 6 N–H and O–H groups in total. The summed E-state index contributed by atoms with van der Waals surface area (Å²) in [7, 11) is 0. The van der Waals surface area contributed by atoms with E-state index in [0.717, 1.165) is 0 Å². The summed E-state index contributed by atoms with van der Waals surface area (Å²) in [6.45, 7) is -0.683. The van der Waals surface area contributed by atoms with Crippen molar-refractivity contribution in [3.8, 4) is 0 Å². The Morgan fingerprint density at radius 3 is 2.69 bits per heavy atom.